The van der Waals surface area contributed by atoms with E-state index in [1.165, 1.54) is 0 Å². The van der Waals surface area contributed by atoms with Gasteiger partial charge in [0.1, 0.15) is 18.3 Å². The quantitative estimate of drug-likeness (QED) is 0.782. The number of ether oxygens (including phenoxy) is 4. The van der Waals surface area contributed by atoms with E-state index in [0.717, 1.165) is 19.3 Å². The molecule has 0 bridgehead atoms. The summed E-state index contributed by atoms with van der Waals surface area (Å²) >= 11 is 0. The summed E-state index contributed by atoms with van der Waals surface area (Å²) in [5.74, 6) is -0.987. The van der Waals surface area contributed by atoms with Crippen LogP contribution in [0.15, 0.2) is 0 Å². The fourth-order valence-electron chi connectivity index (χ4n) is 3.31. The van der Waals surface area contributed by atoms with Crippen LogP contribution >= 0.6 is 0 Å². The van der Waals surface area contributed by atoms with Crippen molar-refractivity contribution in [1.29, 1.82) is 0 Å². The molecule has 3 aliphatic rings. The summed E-state index contributed by atoms with van der Waals surface area (Å²) in [5, 5.41) is 10.6. The van der Waals surface area contributed by atoms with Crippen LogP contribution in [0.25, 0.3) is 0 Å². The third kappa shape index (κ3) is 2.32. The zero-order chi connectivity index (χ0) is 13.7. The Kier molecular flexibility index (Phi) is 3.38. The molecule has 0 radical (unpaired) electrons. The van der Waals surface area contributed by atoms with Gasteiger partial charge in [-0.1, -0.05) is 13.3 Å². The van der Waals surface area contributed by atoms with Crippen LogP contribution in [0, 0.1) is 5.92 Å². The highest BCUT2D eigenvalue weighted by Crippen LogP contribution is 2.43. The van der Waals surface area contributed by atoms with E-state index in [1.807, 2.05) is 13.8 Å². The van der Waals surface area contributed by atoms with E-state index in [9.17, 15) is 5.11 Å². The highest BCUT2D eigenvalue weighted by atomic mass is 16.8. The van der Waals surface area contributed by atoms with Crippen LogP contribution in [-0.2, 0) is 18.9 Å². The molecule has 0 amide bonds. The van der Waals surface area contributed by atoms with E-state index in [4.69, 9.17) is 18.9 Å². The molecule has 110 valence electrons. The van der Waals surface area contributed by atoms with Crippen molar-refractivity contribution in [1.82, 2.24) is 0 Å². The second-order valence-electron chi connectivity index (χ2n) is 6.33. The third-order valence-electron chi connectivity index (χ3n) is 4.52. The highest BCUT2D eigenvalue weighted by Gasteiger charge is 2.58. The topological polar surface area (TPSA) is 57.2 Å². The monoisotopic (exact) mass is 272 g/mol. The lowest BCUT2D eigenvalue weighted by Crippen LogP contribution is -2.62. The average Bonchev–Trinajstić information content (AvgIpc) is 2.71. The molecular formula is C14H24O5. The van der Waals surface area contributed by atoms with Gasteiger partial charge in [0.2, 0.25) is 0 Å². The summed E-state index contributed by atoms with van der Waals surface area (Å²) in [4.78, 5) is 0. The molecule has 0 unspecified atom stereocenters. The van der Waals surface area contributed by atoms with Gasteiger partial charge in [0.25, 0.3) is 0 Å². The van der Waals surface area contributed by atoms with Crippen molar-refractivity contribution >= 4 is 0 Å². The van der Waals surface area contributed by atoms with Crippen LogP contribution in [0.3, 0.4) is 0 Å². The SMILES string of the molecule is CC[C@@H]1CC[C@@]2(OC1)OC[C@H]1OC(C)(C)O[C@@H]1[C@@H]2O. The third-order valence-corrected chi connectivity index (χ3v) is 4.52. The van der Waals surface area contributed by atoms with Gasteiger partial charge in [-0.05, 0) is 26.2 Å². The fraction of sp³-hybridized carbons (Fsp3) is 1.00. The molecule has 3 rings (SSSR count). The smallest absolute Gasteiger partial charge is 0.197 e. The van der Waals surface area contributed by atoms with Crippen LogP contribution in [-0.4, -0.2) is 48.2 Å². The predicted octanol–water partition coefficient (Wildman–Crippen LogP) is 1.43. The molecule has 0 aromatic carbocycles. The summed E-state index contributed by atoms with van der Waals surface area (Å²) in [6.07, 6.45) is 1.50. The molecule has 3 fully saturated rings. The summed E-state index contributed by atoms with van der Waals surface area (Å²) in [6.45, 7) is 6.95. The first-order valence-corrected chi connectivity index (χ1v) is 7.27. The zero-order valence-corrected chi connectivity index (χ0v) is 11.9. The Morgan fingerprint density at radius 3 is 2.53 bits per heavy atom. The zero-order valence-electron chi connectivity index (χ0n) is 11.9. The Morgan fingerprint density at radius 1 is 1.16 bits per heavy atom. The summed E-state index contributed by atoms with van der Waals surface area (Å²) in [6, 6.07) is 0. The Hall–Kier alpha value is -0.200. The maximum Gasteiger partial charge on any atom is 0.197 e. The molecule has 0 saturated carbocycles. The van der Waals surface area contributed by atoms with E-state index >= 15 is 0 Å². The molecule has 1 N–H and O–H groups in total. The van der Waals surface area contributed by atoms with Crippen molar-refractivity contribution in [2.75, 3.05) is 13.2 Å². The van der Waals surface area contributed by atoms with Crippen molar-refractivity contribution in [2.24, 2.45) is 5.92 Å². The minimum atomic E-state index is -0.892. The van der Waals surface area contributed by atoms with E-state index in [2.05, 4.69) is 6.92 Å². The predicted molar refractivity (Wildman–Crippen MR) is 67.5 cm³/mol. The van der Waals surface area contributed by atoms with Gasteiger partial charge in [-0.3, -0.25) is 0 Å². The van der Waals surface area contributed by atoms with Gasteiger partial charge in [0.05, 0.1) is 13.2 Å². The van der Waals surface area contributed by atoms with Crippen LogP contribution in [0.4, 0.5) is 0 Å². The summed E-state index contributed by atoms with van der Waals surface area (Å²) < 4.78 is 23.3. The van der Waals surface area contributed by atoms with Crippen molar-refractivity contribution in [3.63, 3.8) is 0 Å². The van der Waals surface area contributed by atoms with Crippen molar-refractivity contribution < 1.29 is 24.1 Å². The first-order chi connectivity index (χ1) is 8.96. The first-order valence-electron chi connectivity index (χ1n) is 7.27. The maximum absolute atomic E-state index is 10.6. The van der Waals surface area contributed by atoms with Crippen molar-refractivity contribution in [3.05, 3.63) is 0 Å². The molecule has 19 heavy (non-hydrogen) atoms. The minimum Gasteiger partial charge on any atom is -0.385 e. The number of aliphatic hydroxyl groups is 1. The van der Waals surface area contributed by atoms with Gasteiger partial charge < -0.3 is 24.1 Å². The second-order valence-corrected chi connectivity index (χ2v) is 6.33. The van der Waals surface area contributed by atoms with Crippen LogP contribution in [0.1, 0.15) is 40.0 Å². The number of hydrogen-bond donors (Lipinski definition) is 1. The summed E-state index contributed by atoms with van der Waals surface area (Å²) in [5.41, 5.74) is 0. The Bertz CT molecular complexity index is 335. The first kappa shape index (κ1) is 13.8. The largest absolute Gasteiger partial charge is 0.385 e. The second kappa shape index (κ2) is 4.67. The maximum atomic E-state index is 10.6. The van der Waals surface area contributed by atoms with Gasteiger partial charge in [0, 0.05) is 6.42 Å². The Labute approximate surface area is 114 Å². The molecule has 5 atom stereocenters. The molecule has 0 aromatic heterocycles. The number of fused-ring (bicyclic) bond motifs is 1. The molecule has 5 nitrogen and oxygen atoms in total. The number of rotatable bonds is 1. The van der Waals surface area contributed by atoms with Crippen LogP contribution in [0.2, 0.25) is 0 Å². The minimum absolute atomic E-state index is 0.205. The molecule has 0 aromatic rings. The van der Waals surface area contributed by atoms with E-state index < -0.39 is 17.7 Å². The lowest BCUT2D eigenvalue weighted by molar-refractivity contribution is -0.344. The van der Waals surface area contributed by atoms with Crippen LogP contribution < -0.4 is 0 Å². The van der Waals surface area contributed by atoms with Crippen LogP contribution in [0.5, 0.6) is 0 Å². The normalized spacial score (nSPS) is 49.3. The molecular weight excluding hydrogens is 248 g/mol. The number of aliphatic hydroxyl groups excluding tert-OH is 1. The molecule has 5 heteroatoms. The molecule has 3 aliphatic heterocycles. The molecule has 0 aliphatic carbocycles. The van der Waals surface area contributed by atoms with Gasteiger partial charge in [-0.2, -0.15) is 0 Å². The fourth-order valence-corrected chi connectivity index (χ4v) is 3.31. The van der Waals surface area contributed by atoms with Crippen molar-refractivity contribution in [3.8, 4) is 0 Å². The lowest BCUT2D eigenvalue weighted by atomic mass is 9.87. The Morgan fingerprint density at radius 2 is 1.89 bits per heavy atom. The standard InChI is InChI=1S/C14H24O5/c1-4-9-5-6-14(16-7-9)12(15)11-10(8-17-14)18-13(2,3)19-11/h9-12,15H,4-8H2,1-3H3/t9-,10-,11+,12+,14-/m1/s1. The van der Waals surface area contributed by atoms with Crippen molar-refractivity contribution in [2.45, 2.75) is 69.9 Å². The molecule has 3 heterocycles. The van der Waals surface area contributed by atoms with Gasteiger partial charge in [-0.25, -0.2) is 0 Å². The highest BCUT2D eigenvalue weighted by molar-refractivity contribution is 4.99. The lowest BCUT2D eigenvalue weighted by Gasteiger charge is -2.47. The Balaban J connectivity index is 1.72. The summed E-state index contributed by atoms with van der Waals surface area (Å²) in [7, 11) is 0. The van der Waals surface area contributed by atoms with E-state index in [-0.39, 0.29) is 12.2 Å². The average molecular weight is 272 g/mol. The van der Waals surface area contributed by atoms with E-state index in [0.29, 0.717) is 19.1 Å². The number of hydrogen-bond acceptors (Lipinski definition) is 5. The molecule has 1 spiro atoms. The van der Waals surface area contributed by atoms with Gasteiger partial charge >= 0.3 is 0 Å². The molecule has 3 saturated heterocycles. The van der Waals surface area contributed by atoms with Gasteiger partial charge in [-0.15, -0.1) is 0 Å². The van der Waals surface area contributed by atoms with E-state index in [1.54, 1.807) is 0 Å². The van der Waals surface area contributed by atoms with Gasteiger partial charge in [0.15, 0.2) is 11.6 Å².